The Balaban J connectivity index is 0.00000116. The van der Waals surface area contributed by atoms with Crippen molar-refractivity contribution in [2.24, 2.45) is 0 Å². The SMILES string of the molecule is C#CC(CO)(CCn1ccc2c(N)nc(Cl)nc21)OC.CC. The third-order valence-electron chi connectivity index (χ3n) is 3.29. The van der Waals surface area contributed by atoms with Crippen LogP contribution in [0.15, 0.2) is 12.3 Å². The number of ether oxygens (including phenoxy) is 1. The molecule has 2 heterocycles. The van der Waals surface area contributed by atoms with Crippen molar-refractivity contribution in [1.29, 1.82) is 0 Å². The van der Waals surface area contributed by atoms with Gasteiger partial charge in [-0.2, -0.15) is 4.98 Å². The lowest BCUT2D eigenvalue weighted by Gasteiger charge is -2.24. The molecule has 2 rings (SSSR count). The van der Waals surface area contributed by atoms with Crippen molar-refractivity contribution in [2.45, 2.75) is 32.4 Å². The number of aromatic nitrogens is 3. The van der Waals surface area contributed by atoms with E-state index in [-0.39, 0.29) is 11.9 Å². The van der Waals surface area contributed by atoms with Crippen LogP contribution in [0, 0.1) is 12.3 Å². The van der Waals surface area contributed by atoms with Crippen molar-refractivity contribution in [2.75, 3.05) is 19.5 Å². The summed E-state index contributed by atoms with van der Waals surface area (Å²) in [5.74, 6) is 2.81. The summed E-state index contributed by atoms with van der Waals surface area (Å²) < 4.78 is 7.06. The Kier molecular flexibility index (Phi) is 6.62. The highest BCUT2D eigenvalue weighted by Gasteiger charge is 2.26. The van der Waals surface area contributed by atoms with Crippen molar-refractivity contribution >= 4 is 28.5 Å². The van der Waals surface area contributed by atoms with Gasteiger partial charge < -0.3 is 20.1 Å². The minimum Gasteiger partial charge on any atom is -0.392 e. The zero-order chi connectivity index (χ0) is 16.8. The van der Waals surface area contributed by atoms with Crippen LogP contribution in [-0.2, 0) is 11.3 Å². The number of nitrogen functional groups attached to an aromatic ring is 1. The van der Waals surface area contributed by atoms with Gasteiger partial charge in [-0.1, -0.05) is 19.8 Å². The van der Waals surface area contributed by atoms with Gasteiger partial charge in [0.25, 0.3) is 0 Å². The fraction of sp³-hybridized carbons (Fsp3) is 0.467. The van der Waals surface area contributed by atoms with Gasteiger partial charge in [-0.15, -0.1) is 6.42 Å². The number of aryl methyl sites for hydroxylation is 1. The fourth-order valence-corrected chi connectivity index (χ4v) is 2.14. The van der Waals surface area contributed by atoms with Crippen molar-refractivity contribution in [3.8, 4) is 12.3 Å². The smallest absolute Gasteiger partial charge is 0.226 e. The predicted molar refractivity (Wildman–Crippen MR) is 88.6 cm³/mol. The van der Waals surface area contributed by atoms with Crippen LogP contribution >= 0.6 is 11.6 Å². The highest BCUT2D eigenvalue weighted by atomic mass is 35.5. The van der Waals surface area contributed by atoms with E-state index in [0.717, 1.165) is 5.39 Å². The molecule has 0 radical (unpaired) electrons. The molecule has 22 heavy (non-hydrogen) atoms. The molecule has 120 valence electrons. The van der Waals surface area contributed by atoms with Crippen LogP contribution in [0.3, 0.4) is 0 Å². The molecule has 2 aromatic heterocycles. The minimum atomic E-state index is -1.00. The number of aliphatic hydroxyl groups is 1. The first kappa shape index (κ1) is 18.2. The van der Waals surface area contributed by atoms with Crippen molar-refractivity contribution in [1.82, 2.24) is 14.5 Å². The van der Waals surface area contributed by atoms with Gasteiger partial charge in [0, 0.05) is 26.3 Å². The van der Waals surface area contributed by atoms with Crippen LogP contribution in [0.4, 0.5) is 5.82 Å². The van der Waals surface area contributed by atoms with E-state index in [1.807, 2.05) is 30.7 Å². The topological polar surface area (TPSA) is 86.2 Å². The van der Waals surface area contributed by atoms with E-state index < -0.39 is 5.60 Å². The van der Waals surface area contributed by atoms with E-state index >= 15 is 0 Å². The quantitative estimate of drug-likeness (QED) is 0.649. The predicted octanol–water partition coefficient (Wildman–Crippen LogP) is 2.09. The number of nitrogens with two attached hydrogens (primary N) is 1. The number of methoxy groups -OCH3 is 1. The molecular weight excluding hydrogens is 304 g/mol. The summed E-state index contributed by atoms with van der Waals surface area (Å²) >= 11 is 5.81. The van der Waals surface area contributed by atoms with Gasteiger partial charge in [-0.3, -0.25) is 0 Å². The number of rotatable bonds is 5. The van der Waals surface area contributed by atoms with Gasteiger partial charge in [-0.25, -0.2) is 4.98 Å². The Morgan fingerprint density at radius 1 is 1.50 bits per heavy atom. The van der Waals surface area contributed by atoms with Gasteiger partial charge >= 0.3 is 0 Å². The normalized spacial score (nSPS) is 13.1. The zero-order valence-corrected chi connectivity index (χ0v) is 13.8. The third-order valence-corrected chi connectivity index (χ3v) is 3.46. The van der Waals surface area contributed by atoms with Gasteiger partial charge in [0.2, 0.25) is 5.28 Å². The molecule has 0 saturated carbocycles. The number of fused-ring (bicyclic) bond motifs is 1. The van der Waals surface area contributed by atoms with Crippen molar-refractivity contribution in [3.05, 3.63) is 17.5 Å². The lowest BCUT2D eigenvalue weighted by Crippen LogP contribution is -2.35. The Morgan fingerprint density at radius 2 is 2.18 bits per heavy atom. The standard InChI is InChI=1S/C13H15ClN4O2.C2H6/c1-3-13(8-19,20-2)5-7-18-6-4-9-10(15)16-12(14)17-11(9)18;1-2/h1,4,6,19H,5,7-8H2,2H3,(H2,15,16,17);1-2H3. The Labute approximate surface area is 135 Å². The average Bonchev–Trinajstić information content (AvgIpc) is 2.94. The fourth-order valence-electron chi connectivity index (χ4n) is 1.96. The number of hydrogen-bond acceptors (Lipinski definition) is 5. The number of halogens is 1. The maximum atomic E-state index is 9.36. The number of nitrogens with zero attached hydrogens (tertiary/aromatic N) is 3. The maximum Gasteiger partial charge on any atom is 0.226 e. The molecule has 2 aromatic rings. The van der Waals surface area contributed by atoms with E-state index in [1.165, 1.54) is 7.11 Å². The molecule has 0 aliphatic carbocycles. The van der Waals surface area contributed by atoms with Crippen LogP contribution in [0.25, 0.3) is 11.0 Å². The number of aliphatic hydroxyl groups excluding tert-OH is 1. The van der Waals surface area contributed by atoms with Crippen molar-refractivity contribution in [3.63, 3.8) is 0 Å². The molecule has 3 N–H and O–H groups in total. The largest absolute Gasteiger partial charge is 0.392 e. The highest BCUT2D eigenvalue weighted by molar-refractivity contribution is 6.28. The van der Waals surface area contributed by atoms with E-state index in [2.05, 4.69) is 15.9 Å². The molecule has 0 aliphatic heterocycles. The summed E-state index contributed by atoms with van der Waals surface area (Å²) in [6.07, 6.45) is 7.67. The molecule has 1 atom stereocenters. The van der Waals surface area contributed by atoms with Crippen LogP contribution in [-0.4, -0.2) is 39.0 Å². The van der Waals surface area contributed by atoms with Gasteiger partial charge in [-0.05, 0) is 17.7 Å². The summed E-state index contributed by atoms with van der Waals surface area (Å²) in [5.41, 5.74) is 5.41. The third kappa shape index (κ3) is 3.69. The molecule has 0 fully saturated rings. The lowest BCUT2D eigenvalue weighted by atomic mass is 10.0. The monoisotopic (exact) mass is 324 g/mol. The molecule has 0 saturated heterocycles. The second-order valence-electron chi connectivity index (χ2n) is 4.38. The van der Waals surface area contributed by atoms with E-state index in [1.54, 1.807) is 0 Å². The Hall–Kier alpha value is -1.81. The number of hydrogen-bond donors (Lipinski definition) is 2. The maximum absolute atomic E-state index is 9.36. The Bertz CT molecular complexity index is 659. The zero-order valence-electron chi connectivity index (χ0n) is 13.0. The molecule has 6 nitrogen and oxygen atoms in total. The summed E-state index contributed by atoms with van der Waals surface area (Å²) in [6, 6.07) is 1.81. The van der Waals surface area contributed by atoms with E-state index in [0.29, 0.717) is 24.4 Å². The number of anilines is 1. The first-order chi connectivity index (χ1) is 10.5. The van der Waals surface area contributed by atoms with E-state index in [4.69, 9.17) is 28.5 Å². The molecule has 0 aliphatic rings. The molecule has 0 bridgehead atoms. The summed E-state index contributed by atoms with van der Waals surface area (Å²) in [5, 5.41) is 10.2. The lowest BCUT2D eigenvalue weighted by molar-refractivity contribution is -0.0147. The van der Waals surface area contributed by atoms with Crippen LogP contribution in [0.2, 0.25) is 5.28 Å². The minimum absolute atomic E-state index is 0.0899. The number of terminal acetylenes is 1. The average molecular weight is 325 g/mol. The molecule has 7 heteroatoms. The molecular formula is C15H21ClN4O2. The van der Waals surface area contributed by atoms with Crippen LogP contribution in [0.1, 0.15) is 20.3 Å². The summed E-state index contributed by atoms with van der Waals surface area (Å²) in [7, 11) is 1.47. The molecule has 1 unspecified atom stereocenters. The second kappa shape index (κ2) is 7.99. The Morgan fingerprint density at radius 3 is 2.73 bits per heavy atom. The summed E-state index contributed by atoms with van der Waals surface area (Å²) in [4.78, 5) is 8.05. The molecule has 0 aromatic carbocycles. The molecule has 0 amide bonds. The van der Waals surface area contributed by atoms with Gasteiger partial charge in [0.15, 0.2) is 5.60 Å². The first-order valence-electron chi connectivity index (χ1n) is 6.97. The van der Waals surface area contributed by atoms with E-state index in [9.17, 15) is 5.11 Å². The van der Waals surface area contributed by atoms with Gasteiger partial charge in [0.1, 0.15) is 11.5 Å². The van der Waals surface area contributed by atoms with Crippen LogP contribution in [0.5, 0.6) is 0 Å². The molecule has 0 spiro atoms. The van der Waals surface area contributed by atoms with Crippen LogP contribution < -0.4 is 5.73 Å². The first-order valence-corrected chi connectivity index (χ1v) is 7.34. The van der Waals surface area contributed by atoms with Crippen molar-refractivity contribution < 1.29 is 9.84 Å². The van der Waals surface area contributed by atoms with Gasteiger partial charge in [0.05, 0.1) is 12.0 Å². The second-order valence-corrected chi connectivity index (χ2v) is 4.71. The highest BCUT2D eigenvalue weighted by Crippen LogP contribution is 2.22. The summed E-state index contributed by atoms with van der Waals surface area (Å²) in [6.45, 7) is 4.26.